The van der Waals surface area contributed by atoms with Gasteiger partial charge in [0.15, 0.2) is 0 Å². The number of imide groups is 1. The van der Waals surface area contributed by atoms with Crippen LogP contribution in [0.25, 0.3) is 11.0 Å². The van der Waals surface area contributed by atoms with Gasteiger partial charge in [-0.15, -0.1) is 0 Å². The van der Waals surface area contributed by atoms with Crippen LogP contribution in [0.4, 0.5) is 0 Å². The molecule has 3 rings (SSSR count). The molecule has 0 aliphatic carbocycles. The SMILES string of the molecule is Cn1c(C2CCC(=O)NC2=O)nc2ccccc21. The second-order valence-electron chi connectivity index (χ2n) is 4.52. The standard InChI is InChI=1S/C13H13N3O2/c1-16-10-5-3-2-4-9(10)14-12(16)8-6-7-11(17)15-13(8)18/h2-5,8H,6-7H2,1H3,(H,15,17,18). The number of carbonyl (C=O) groups is 2. The third-order valence-corrected chi connectivity index (χ3v) is 3.37. The van der Waals surface area contributed by atoms with Crippen molar-refractivity contribution < 1.29 is 9.59 Å². The molecule has 2 aromatic rings. The molecule has 0 radical (unpaired) electrons. The molecule has 2 amide bonds. The number of para-hydroxylation sites is 2. The number of nitrogens with one attached hydrogen (secondary N) is 1. The lowest BCUT2D eigenvalue weighted by atomic mass is 9.97. The van der Waals surface area contributed by atoms with Crippen molar-refractivity contribution in [3.8, 4) is 0 Å². The number of nitrogens with zero attached hydrogens (tertiary/aromatic N) is 2. The Kier molecular flexibility index (Phi) is 2.40. The molecule has 1 N–H and O–H groups in total. The van der Waals surface area contributed by atoms with Crippen molar-refractivity contribution in [1.82, 2.24) is 14.9 Å². The molecule has 1 aromatic heterocycles. The van der Waals surface area contributed by atoms with Gasteiger partial charge in [-0.1, -0.05) is 12.1 Å². The van der Waals surface area contributed by atoms with E-state index in [2.05, 4.69) is 10.3 Å². The number of fused-ring (bicyclic) bond motifs is 1. The largest absolute Gasteiger partial charge is 0.330 e. The molecule has 18 heavy (non-hydrogen) atoms. The van der Waals surface area contributed by atoms with Gasteiger partial charge < -0.3 is 4.57 Å². The second-order valence-corrected chi connectivity index (χ2v) is 4.52. The van der Waals surface area contributed by atoms with Crippen LogP contribution in [0.3, 0.4) is 0 Å². The number of benzene rings is 1. The van der Waals surface area contributed by atoms with Gasteiger partial charge in [0, 0.05) is 13.5 Å². The molecular weight excluding hydrogens is 230 g/mol. The molecule has 1 fully saturated rings. The summed E-state index contributed by atoms with van der Waals surface area (Å²) in [5, 5.41) is 2.37. The average Bonchev–Trinajstić information content (AvgIpc) is 2.68. The highest BCUT2D eigenvalue weighted by molar-refractivity contribution is 6.00. The number of carbonyl (C=O) groups excluding carboxylic acids is 2. The highest BCUT2D eigenvalue weighted by atomic mass is 16.2. The maximum absolute atomic E-state index is 11.8. The second kappa shape index (κ2) is 3.94. The zero-order valence-electron chi connectivity index (χ0n) is 10.0. The number of hydrogen-bond acceptors (Lipinski definition) is 3. The smallest absolute Gasteiger partial charge is 0.237 e. The molecular formula is C13H13N3O2. The van der Waals surface area contributed by atoms with Crippen LogP contribution in [-0.4, -0.2) is 21.4 Å². The van der Waals surface area contributed by atoms with E-state index in [1.54, 1.807) is 0 Å². The van der Waals surface area contributed by atoms with Crippen LogP contribution in [-0.2, 0) is 16.6 Å². The molecule has 1 saturated heterocycles. The summed E-state index contributed by atoms with van der Waals surface area (Å²) in [6, 6.07) is 7.75. The van der Waals surface area contributed by atoms with Gasteiger partial charge in [-0.3, -0.25) is 14.9 Å². The summed E-state index contributed by atoms with van der Waals surface area (Å²) in [4.78, 5) is 27.5. The zero-order chi connectivity index (χ0) is 12.7. The highest BCUT2D eigenvalue weighted by Gasteiger charge is 2.31. The van der Waals surface area contributed by atoms with Crippen molar-refractivity contribution in [3.63, 3.8) is 0 Å². The first kappa shape index (κ1) is 11.0. The number of aromatic nitrogens is 2. The van der Waals surface area contributed by atoms with Crippen molar-refractivity contribution in [2.75, 3.05) is 0 Å². The monoisotopic (exact) mass is 243 g/mol. The topological polar surface area (TPSA) is 64.0 Å². The number of amides is 2. The fourth-order valence-corrected chi connectivity index (χ4v) is 2.42. The molecule has 1 aromatic carbocycles. The molecule has 92 valence electrons. The van der Waals surface area contributed by atoms with Gasteiger partial charge in [0.25, 0.3) is 0 Å². The Labute approximate surface area is 104 Å². The predicted octanol–water partition coefficient (Wildman–Crippen LogP) is 1.09. The van der Waals surface area contributed by atoms with Crippen LogP contribution in [0.2, 0.25) is 0 Å². The fourth-order valence-electron chi connectivity index (χ4n) is 2.42. The summed E-state index contributed by atoms with van der Waals surface area (Å²) < 4.78 is 1.93. The maximum Gasteiger partial charge on any atom is 0.237 e. The Bertz CT molecular complexity index is 645. The first-order valence-corrected chi connectivity index (χ1v) is 5.92. The van der Waals surface area contributed by atoms with E-state index in [0.29, 0.717) is 12.8 Å². The average molecular weight is 243 g/mol. The van der Waals surface area contributed by atoms with Crippen LogP contribution in [0.15, 0.2) is 24.3 Å². The first-order valence-electron chi connectivity index (χ1n) is 5.92. The van der Waals surface area contributed by atoms with Crippen molar-refractivity contribution in [2.24, 2.45) is 7.05 Å². The van der Waals surface area contributed by atoms with Gasteiger partial charge in [-0.2, -0.15) is 0 Å². The van der Waals surface area contributed by atoms with Gasteiger partial charge in [0.1, 0.15) is 5.82 Å². The summed E-state index contributed by atoms with van der Waals surface area (Å²) in [6.07, 6.45) is 0.904. The molecule has 5 heteroatoms. The number of imidazole rings is 1. The van der Waals surface area contributed by atoms with Gasteiger partial charge >= 0.3 is 0 Å². The number of rotatable bonds is 1. The van der Waals surface area contributed by atoms with E-state index in [9.17, 15) is 9.59 Å². The van der Waals surface area contributed by atoms with E-state index in [1.807, 2.05) is 35.9 Å². The van der Waals surface area contributed by atoms with Crippen LogP contribution < -0.4 is 5.32 Å². The van der Waals surface area contributed by atoms with Crippen LogP contribution in [0.1, 0.15) is 24.6 Å². The number of hydrogen-bond donors (Lipinski definition) is 1. The minimum Gasteiger partial charge on any atom is -0.330 e. The lowest BCUT2D eigenvalue weighted by Crippen LogP contribution is -2.40. The summed E-state index contributed by atoms with van der Waals surface area (Å²) in [5.74, 6) is -0.0547. The quantitative estimate of drug-likeness (QED) is 0.763. The maximum atomic E-state index is 11.8. The Morgan fingerprint density at radius 2 is 2.11 bits per heavy atom. The van der Waals surface area contributed by atoms with Crippen LogP contribution in [0, 0.1) is 0 Å². The van der Waals surface area contributed by atoms with E-state index >= 15 is 0 Å². The Hall–Kier alpha value is -2.17. The fraction of sp³-hybridized carbons (Fsp3) is 0.308. The van der Waals surface area contributed by atoms with Crippen molar-refractivity contribution >= 4 is 22.8 Å². The molecule has 5 nitrogen and oxygen atoms in total. The van der Waals surface area contributed by atoms with Gasteiger partial charge in [-0.25, -0.2) is 4.98 Å². The van der Waals surface area contributed by atoms with E-state index in [-0.39, 0.29) is 17.7 Å². The van der Waals surface area contributed by atoms with Crippen LogP contribution in [0.5, 0.6) is 0 Å². The third kappa shape index (κ3) is 1.59. The minimum atomic E-state index is -0.333. The molecule has 2 heterocycles. The third-order valence-electron chi connectivity index (χ3n) is 3.37. The normalized spacial score (nSPS) is 20.2. The van der Waals surface area contributed by atoms with Crippen molar-refractivity contribution in [2.45, 2.75) is 18.8 Å². The Balaban J connectivity index is 2.06. The van der Waals surface area contributed by atoms with Gasteiger partial charge in [0.2, 0.25) is 11.8 Å². The van der Waals surface area contributed by atoms with Crippen molar-refractivity contribution in [3.05, 3.63) is 30.1 Å². The van der Waals surface area contributed by atoms with Crippen molar-refractivity contribution in [1.29, 1.82) is 0 Å². The Morgan fingerprint density at radius 1 is 1.33 bits per heavy atom. The van der Waals surface area contributed by atoms with E-state index in [1.165, 1.54) is 0 Å². The predicted molar refractivity (Wildman–Crippen MR) is 65.8 cm³/mol. The molecule has 1 atom stereocenters. The minimum absolute atomic E-state index is 0.199. The summed E-state index contributed by atoms with van der Waals surface area (Å²) >= 11 is 0. The summed E-state index contributed by atoms with van der Waals surface area (Å²) in [5.41, 5.74) is 1.87. The lowest BCUT2D eigenvalue weighted by molar-refractivity contribution is -0.134. The first-order chi connectivity index (χ1) is 8.66. The summed E-state index contributed by atoms with van der Waals surface area (Å²) in [6.45, 7) is 0. The lowest BCUT2D eigenvalue weighted by Gasteiger charge is -2.20. The zero-order valence-corrected chi connectivity index (χ0v) is 10.0. The van der Waals surface area contributed by atoms with E-state index < -0.39 is 0 Å². The van der Waals surface area contributed by atoms with E-state index in [4.69, 9.17) is 0 Å². The molecule has 0 bridgehead atoms. The molecule has 1 unspecified atom stereocenters. The summed E-state index contributed by atoms with van der Waals surface area (Å²) in [7, 11) is 1.90. The molecule has 0 spiro atoms. The van der Waals surface area contributed by atoms with Gasteiger partial charge in [0.05, 0.1) is 17.0 Å². The molecule has 1 aliphatic heterocycles. The Morgan fingerprint density at radius 3 is 2.83 bits per heavy atom. The van der Waals surface area contributed by atoms with E-state index in [0.717, 1.165) is 16.9 Å². The molecule has 0 saturated carbocycles. The van der Waals surface area contributed by atoms with Gasteiger partial charge in [-0.05, 0) is 18.6 Å². The number of aryl methyl sites for hydroxylation is 1. The highest BCUT2D eigenvalue weighted by Crippen LogP contribution is 2.26. The van der Waals surface area contributed by atoms with Crippen LogP contribution >= 0.6 is 0 Å². The number of piperidine rings is 1. The molecule has 1 aliphatic rings.